The van der Waals surface area contributed by atoms with Crippen LogP contribution in [-0.4, -0.2) is 120 Å². The van der Waals surface area contributed by atoms with E-state index in [0.29, 0.717) is 29.2 Å². The van der Waals surface area contributed by atoms with Crippen molar-refractivity contribution in [3.8, 4) is 17.2 Å². The minimum Gasteiger partial charge on any atom is -0.505 e. The molecule has 0 fully saturated rings. The number of hydrogen-bond donors (Lipinski definition) is 7. The van der Waals surface area contributed by atoms with Crippen LogP contribution in [0.15, 0.2) is 105 Å². The molecule has 7 N–H and O–H groups in total. The van der Waals surface area contributed by atoms with E-state index in [1.165, 1.54) is 26.0 Å². The number of rotatable bonds is 28. The highest BCUT2D eigenvalue weighted by Gasteiger charge is 2.48. The molecule has 99 heavy (non-hydrogen) atoms. The van der Waals surface area contributed by atoms with Crippen molar-refractivity contribution in [2.24, 2.45) is 0 Å². The molecule has 0 aliphatic rings. The molecular weight excluding hydrogens is 1710 g/mol. The summed E-state index contributed by atoms with van der Waals surface area (Å²) >= 11 is 39.6. The van der Waals surface area contributed by atoms with Crippen molar-refractivity contribution in [2.75, 3.05) is 81.3 Å². The van der Waals surface area contributed by atoms with Gasteiger partial charge in [0, 0.05) is 68.3 Å². The zero-order valence-corrected chi connectivity index (χ0v) is 64.0. The smallest absolute Gasteiger partial charge is 0.505 e. The maximum absolute atomic E-state index is 14.8. The standard InChI is InChI=1S/C19H23BrF2N3O4PS.C16H16BrF2N3OS.C14H12BrF2N3OS.C6H12F3O6PS.CH4.BCl3/c1-3-28-30(26,29-4-2)12-27-16-7-6-15(21)14(18(16)22)9-10-23-19(31)25-17-8-5-13(20)11-24-17;1-2-23-13-5-4-12(18)11(15(13)19)7-8-20-16(24)22-14-6-3-10(17)9-21-14;15-8-1-4-12(19-7-8)20-14(22)18-6-5-9-10(16)2-3-11(21)13(9)17;1-3-13-16(10,14-4-2)5-15-17(11,12)6(7,8)9;;2-1(3)4/h5-8,11H,3-4,9-10,12H2,1-2H3,(H2,23,24,25,31);3-6,9H,2,7-8H2,1H3,(H2,20,21,22,24);1-4,7,21H,5-6H2,(H2,18,19,20,22);3-5H2,1-2H3;1H4;. The molecule has 6 rings (SSSR count). The van der Waals surface area contributed by atoms with E-state index in [1.807, 2.05) is 6.07 Å². The number of nitrogens with zero attached hydrogens (tertiary/aromatic N) is 3. The predicted octanol–water partition coefficient (Wildman–Crippen LogP) is 17.1. The van der Waals surface area contributed by atoms with Crippen LogP contribution in [0.1, 0.15) is 58.7 Å². The Morgan fingerprint density at radius 3 is 1.14 bits per heavy atom. The van der Waals surface area contributed by atoms with Gasteiger partial charge >= 0.3 is 35.8 Å². The van der Waals surface area contributed by atoms with Crippen LogP contribution in [0.2, 0.25) is 0 Å². The molecule has 0 saturated heterocycles. The molecule has 43 heteroatoms. The molecule has 550 valence electrons. The van der Waals surface area contributed by atoms with Gasteiger partial charge in [-0.25, -0.2) is 41.3 Å². The maximum Gasteiger partial charge on any atom is 0.523 e. The molecule has 0 spiro atoms. The highest BCUT2D eigenvalue weighted by Crippen LogP contribution is 2.49. The fourth-order valence-electron chi connectivity index (χ4n) is 6.90. The lowest BCUT2D eigenvalue weighted by atomic mass is 10.1. The lowest BCUT2D eigenvalue weighted by molar-refractivity contribution is -0.0534. The van der Waals surface area contributed by atoms with Gasteiger partial charge in [-0.1, -0.05) is 7.43 Å². The Bertz CT molecular complexity index is 3700. The third kappa shape index (κ3) is 36.0. The number of aromatic nitrogens is 3. The van der Waals surface area contributed by atoms with Crippen molar-refractivity contribution < 1.29 is 93.9 Å². The van der Waals surface area contributed by atoms with E-state index in [4.69, 9.17) is 89.6 Å². The molecule has 0 radical (unpaired) electrons. The average Bonchev–Trinajstić information content (AvgIpc) is 0.849. The summed E-state index contributed by atoms with van der Waals surface area (Å²) in [5, 5.41) is 27.3. The molecule has 21 nitrogen and oxygen atoms in total. The zero-order valence-electron chi connectivity index (χ0n) is 51.9. The summed E-state index contributed by atoms with van der Waals surface area (Å²) in [6.45, 7) is 8.90. The molecule has 3 aromatic carbocycles. The number of anilines is 3. The average molecular weight is 1780 g/mol. The van der Waals surface area contributed by atoms with Gasteiger partial charge in [0.25, 0.3) is 0 Å². The van der Waals surface area contributed by atoms with Crippen molar-refractivity contribution in [1.82, 2.24) is 30.9 Å². The summed E-state index contributed by atoms with van der Waals surface area (Å²) in [6.07, 6.45) is 3.24. The van der Waals surface area contributed by atoms with E-state index in [9.17, 15) is 62.2 Å². The third-order valence-electron chi connectivity index (χ3n) is 11.0. The second-order valence-corrected chi connectivity index (χ2v) is 29.6. The molecule has 6 aromatic rings. The monoisotopic (exact) mass is 1770 g/mol. The van der Waals surface area contributed by atoms with Gasteiger partial charge in [0.1, 0.15) is 34.9 Å². The van der Waals surface area contributed by atoms with E-state index in [0.717, 1.165) is 37.7 Å². The van der Waals surface area contributed by atoms with Crippen molar-refractivity contribution in [2.45, 2.75) is 66.8 Å². The first-order chi connectivity index (χ1) is 46.1. The normalized spacial score (nSPS) is 11.0. The Morgan fingerprint density at radius 2 is 0.838 bits per heavy atom. The van der Waals surface area contributed by atoms with E-state index >= 15 is 0 Å². The zero-order chi connectivity index (χ0) is 73.8. The molecule has 3 heterocycles. The second-order valence-electron chi connectivity index (χ2n) is 18.0. The number of thiocarbonyl (C=S) groups is 3. The number of ether oxygens (including phenoxy) is 2. The summed E-state index contributed by atoms with van der Waals surface area (Å²) in [7, 11) is -13.3. The Morgan fingerprint density at radius 1 is 0.525 bits per heavy atom. The van der Waals surface area contributed by atoms with E-state index in [2.05, 4.69) is 108 Å². The summed E-state index contributed by atoms with van der Waals surface area (Å²) < 4.78 is 201. The van der Waals surface area contributed by atoms with Gasteiger partial charge < -0.3 is 64.6 Å². The largest absolute Gasteiger partial charge is 0.523 e. The number of halogens is 15. The van der Waals surface area contributed by atoms with Gasteiger partial charge in [0.15, 0.2) is 62.7 Å². The van der Waals surface area contributed by atoms with Crippen LogP contribution in [0.3, 0.4) is 0 Å². The number of pyridine rings is 3. The van der Waals surface area contributed by atoms with Crippen LogP contribution in [0, 0.1) is 34.9 Å². The first-order valence-electron chi connectivity index (χ1n) is 28.1. The SMILES string of the molecule is C.CCOP(=O)(COS(=O)(=O)C(F)(F)F)OCC.CCOP(=O)(COc1ccc(F)c(CCNC(=S)Nc2ccc(Br)cn2)c1F)OCC.CCOc1ccc(F)c(CCNC(=S)Nc2ccc(Br)cn2)c1F.ClB(Cl)Cl.Oc1ccc(F)c(CCNC(=S)Nc2ccc(Br)cn2)c1F. The number of nitrogens with one attached hydrogen (secondary N) is 6. The highest BCUT2D eigenvalue weighted by molar-refractivity contribution is 9.11. The fraction of sp³-hybridized carbons (Fsp3) is 0.357. The quantitative estimate of drug-likeness (QED) is 0.00601. The molecule has 0 unspecified atom stereocenters. The number of alkyl halides is 3. The molecule has 0 bridgehead atoms. The van der Waals surface area contributed by atoms with Crippen molar-refractivity contribution in [1.29, 1.82) is 0 Å². The number of phenolic OH excluding ortho intramolecular Hbond substituents is 1. The molecule has 0 aliphatic heterocycles. The number of phenols is 1. The lowest BCUT2D eigenvalue weighted by Crippen LogP contribution is -2.30. The predicted molar refractivity (Wildman–Crippen MR) is 390 cm³/mol. The molecule has 0 amide bonds. The summed E-state index contributed by atoms with van der Waals surface area (Å²) in [5.41, 5.74) is -5.97. The van der Waals surface area contributed by atoms with Gasteiger partial charge in [-0.05, 0) is 211 Å². The van der Waals surface area contributed by atoms with Crippen LogP contribution >= 0.6 is 134 Å². The highest BCUT2D eigenvalue weighted by atomic mass is 79.9. The molecular formula is C56H67BBr3Cl3F9N9O12P2S4. The fourth-order valence-corrected chi connectivity index (χ4v) is 11.7. The Balaban J connectivity index is 0.000000658. The Kier molecular flexibility index (Phi) is 44.6. The second kappa shape index (κ2) is 47.7. The third-order valence-corrected chi connectivity index (χ3v) is 17.8. The van der Waals surface area contributed by atoms with E-state index in [1.54, 1.807) is 69.7 Å². The maximum atomic E-state index is 14.8. The molecule has 0 saturated carbocycles. The van der Waals surface area contributed by atoms with Gasteiger partial charge in [-0.15, -0.1) is 0 Å². The van der Waals surface area contributed by atoms with Crippen LogP contribution < -0.4 is 41.4 Å². The first-order valence-corrected chi connectivity index (χ1v) is 37.8. The number of hydrogen-bond acceptors (Lipinski definition) is 18. The number of benzene rings is 3. The minimum atomic E-state index is -5.80. The Hall–Kier alpha value is -4.47. The summed E-state index contributed by atoms with van der Waals surface area (Å²) in [6, 6.07) is 17.3. The summed E-state index contributed by atoms with van der Waals surface area (Å²) in [4.78, 5) is 11.6. The van der Waals surface area contributed by atoms with Crippen LogP contribution in [0.5, 0.6) is 17.2 Å². The Labute approximate surface area is 623 Å². The van der Waals surface area contributed by atoms with Crippen LogP contribution in [-0.2, 0) is 60.8 Å². The van der Waals surface area contributed by atoms with Crippen molar-refractivity contribution >= 4 is 182 Å². The minimum absolute atomic E-state index is 0. The van der Waals surface area contributed by atoms with Crippen LogP contribution in [0.25, 0.3) is 0 Å². The van der Waals surface area contributed by atoms with E-state index < -0.39 is 89.1 Å². The molecule has 3 aromatic heterocycles. The van der Waals surface area contributed by atoms with Gasteiger partial charge in [0.05, 0.1) is 33.0 Å². The lowest BCUT2D eigenvalue weighted by Gasteiger charge is -2.18. The topological polar surface area (TPSA) is 264 Å². The van der Waals surface area contributed by atoms with Gasteiger partial charge in [-0.2, -0.15) is 56.0 Å². The number of aromatic hydroxyl groups is 1. The summed E-state index contributed by atoms with van der Waals surface area (Å²) in [5.74, 6) is -3.64. The van der Waals surface area contributed by atoms with Crippen LogP contribution in [0.4, 0.5) is 57.0 Å². The van der Waals surface area contributed by atoms with Crippen molar-refractivity contribution in [3.05, 3.63) is 156 Å². The van der Waals surface area contributed by atoms with Gasteiger partial charge in [-0.3, -0.25) is 13.3 Å². The van der Waals surface area contributed by atoms with Crippen molar-refractivity contribution in [3.63, 3.8) is 0 Å². The first kappa shape index (κ1) is 92.5. The van der Waals surface area contributed by atoms with Gasteiger partial charge in [0.2, 0.25) is 0 Å². The van der Waals surface area contributed by atoms with E-state index in [-0.39, 0.29) is 111 Å². The molecule has 0 atom stereocenters. The molecule has 0 aliphatic carbocycles.